The van der Waals surface area contributed by atoms with Gasteiger partial charge in [0.2, 0.25) is 5.88 Å². The topological polar surface area (TPSA) is 85.7 Å². The van der Waals surface area contributed by atoms with E-state index in [0.717, 1.165) is 16.9 Å². The molecule has 0 atom stereocenters. The average molecular weight is 367 g/mol. The third-order valence-corrected chi connectivity index (χ3v) is 5.15. The van der Waals surface area contributed by atoms with Gasteiger partial charge in [0.15, 0.2) is 10.8 Å². The van der Waals surface area contributed by atoms with Crippen LogP contribution < -0.4 is 10.3 Å². The number of hydrogen-bond acceptors (Lipinski definition) is 6. The van der Waals surface area contributed by atoms with Crippen LogP contribution in [0.4, 0.5) is 0 Å². The number of hydrogen-bond donors (Lipinski definition) is 1. The first-order chi connectivity index (χ1) is 12.5. The van der Waals surface area contributed by atoms with E-state index in [1.165, 1.54) is 11.8 Å². The van der Waals surface area contributed by atoms with Crippen molar-refractivity contribution < 1.29 is 4.74 Å². The highest BCUT2D eigenvalue weighted by Gasteiger charge is 2.11. The van der Waals surface area contributed by atoms with E-state index >= 15 is 0 Å². The molecule has 0 aliphatic rings. The Morgan fingerprint density at radius 3 is 2.85 bits per heavy atom. The zero-order valence-electron chi connectivity index (χ0n) is 14.6. The first-order valence-corrected chi connectivity index (χ1v) is 9.03. The Morgan fingerprint density at radius 1 is 1.19 bits per heavy atom. The number of H-pyrrole nitrogens is 1. The Bertz CT molecular complexity index is 1180. The summed E-state index contributed by atoms with van der Waals surface area (Å²) in [5.41, 5.74) is 3.16. The summed E-state index contributed by atoms with van der Waals surface area (Å²) in [5, 5.41) is 1.29. The molecule has 1 N–H and O–H groups in total. The number of thioether (sulfide) groups is 1. The molecule has 0 bridgehead atoms. The van der Waals surface area contributed by atoms with E-state index in [1.807, 2.05) is 31.2 Å². The molecule has 132 valence electrons. The molecule has 0 amide bonds. The molecule has 26 heavy (non-hydrogen) atoms. The molecule has 0 aliphatic heterocycles. The minimum atomic E-state index is -0.0443. The Morgan fingerprint density at radius 2 is 2.04 bits per heavy atom. The maximum absolute atomic E-state index is 12.6. The van der Waals surface area contributed by atoms with Crippen molar-refractivity contribution in [2.75, 3.05) is 7.11 Å². The highest BCUT2D eigenvalue weighted by molar-refractivity contribution is 7.98. The number of imidazole rings is 1. The fourth-order valence-corrected chi connectivity index (χ4v) is 3.58. The SMILES string of the molecule is COc1ccc2[nH]c(CSc3nc4ccc(C)cc4c(=O)n3C)nc2n1. The second-order valence-electron chi connectivity index (χ2n) is 5.98. The zero-order valence-corrected chi connectivity index (χ0v) is 15.4. The van der Waals surface area contributed by atoms with Gasteiger partial charge in [-0.2, -0.15) is 4.98 Å². The Hall–Kier alpha value is -2.87. The van der Waals surface area contributed by atoms with Crippen molar-refractivity contribution in [1.29, 1.82) is 0 Å². The summed E-state index contributed by atoms with van der Waals surface area (Å²) in [7, 11) is 3.31. The van der Waals surface area contributed by atoms with Crippen molar-refractivity contribution in [3.63, 3.8) is 0 Å². The van der Waals surface area contributed by atoms with E-state index in [1.54, 1.807) is 24.8 Å². The number of pyridine rings is 1. The molecular weight excluding hydrogens is 350 g/mol. The second-order valence-corrected chi connectivity index (χ2v) is 6.92. The second kappa shape index (κ2) is 6.45. The molecule has 1 aromatic carbocycles. The largest absolute Gasteiger partial charge is 0.481 e. The van der Waals surface area contributed by atoms with Gasteiger partial charge in [-0.3, -0.25) is 9.36 Å². The number of aromatic nitrogens is 5. The summed E-state index contributed by atoms with van der Waals surface area (Å²) in [6, 6.07) is 9.38. The summed E-state index contributed by atoms with van der Waals surface area (Å²) in [6.45, 7) is 1.96. The minimum Gasteiger partial charge on any atom is -0.481 e. The summed E-state index contributed by atoms with van der Waals surface area (Å²) in [6.07, 6.45) is 0. The van der Waals surface area contributed by atoms with E-state index in [0.29, 0.717) is 33.3 Å². The van der Waals surface area contributed by atoms with Crippen molar-refractivity contribution in [2.24, 2.45) is 7.05 Å². The average Bonchev–Trinajstić information content (AvgIpc) is 3.06. The monoisotopic (exact) mass is 367 g/mol. The molecule has 3 aromatic heterocycles. The van der Waals surface area contributed by atoms with Gasteiger partial charge in [-0.1, -0.05) is 23.4 Å². The van der Waals surface area contributed by atoms with E-state index < -0.39 is 0 Å². The van der Waals surface area contributed by atoms with Gasteiger partial charge in [-0.15, -0.1) is 0 Å². The molecule has 4 aromatic rings. The van der Waals surface area contributed by atoms with E-state index in [4.69, 9.17) is 4.74 Å². The van der Waals surface area contributed by atoms with Crippen molar-refractivity contribution in [1.82, 2.24) is 24.5 Å². The van der Waals surface area contributed by atoms with Crippen LogP contribution in [0.1, 0.15) is 11.4 Å². The van der Waals surface area contributed by atoms with Crippen LogP contribution in [-0.2, 0) is 12.8 Å². The molecule has 4 rings (SSSR count). The van der Waals surface area contributed by atoms with Gasteiger partial charge >= 0.3 is 0 Å². The lowest BCUT2D eigenvalue weighted by Gasteiger charge is -2.08. The number of nitrogens with one attached hydrogen (secondary N) is 1. The van der Waals surface area contributed by atoms with E-state index in [9.17, 15) is 4.79 Å². The number of ether oxygens (including phenoxy) is 1. The number of aryl methyl sites for hydroxylation is 1. The predicted molar refractivity (Wildman–Crippen MR) is 102 cm³/mol. The molecule has 0 unspecified atom stereocenters. The smallest absolute Gasteiger partial charge is 0.261 e. The third kappa shape index (κ3) is 2.92. The van der Waals surface area contributed by atoms with Crippen molar-refractivity contribution in [3.8, 4) is 5.88 Å². The highest BCUT2D eigenvalue weighted by atomic mass is 32.2. The molecule has 0 saturated carbocycles. The third-order valence-electron chi connectivity index (χ3n) is 4.11. The van der Waals surface area contributed by atoms with Crippen LogP contribution in [0.3, 0.4) is 0 Å². The summed E-state index contributed by atoms with van der Waals surface area (Å²) >= 11 is 1.46. The number of aromatic amines is 1. The predicted octanol–water partition coefficient (Wildman–Crippen LogP) is 2.81. The van der Waals surface area contributed by atoms with E-state index in [-0.39, 0.29) is 5.56 Å². The fourth-order valence-electron chi connectivity index (χ4n) is 2.73. The van der Waals surface area contributed by atoms with Crippen LogP contribution in [-0.4, -0.2) is 31.6 Å². The number of rotatable bonds is 4. The Balaban J connectivity index is 1.64. The van der Waals surface area contributed by atoms with Gasteiger partial charge < -0.3 is 9.72 Å². The number of fused-ring (bicyclic) bond motifs is 2. The minimum absolute atomic E-state index is 0.0443. The van der Waals surface area contributed by atoms with Crippen LogP contribution in [0.25, 0.3) is 22.1 Å². The standard InChI is InChI=1S/C18H17N5O2S/c1-10-4-5-12-11(8-10)17(24)23(2)18(20-12)26-9-14-19-13-6-7-15(25-3)22-16(13)21-14/h4-8H,9H2,1-3H3,(H,19,21,22). The first kappa shape index (κ1) is 16.6. The van der Waals surface area contributed by atoms with E-state index in [2.05, 4.69) is 19.9 Å². The first-order valence-electron chi connectivity index (χ1n) is 8.05. The van der Waals surface area contributed by atoms with Gasteiger partial charge in [0, 0.05) is 13.1 Å². The Labute approximate surface area is 153 Å². The molecule has 0 spiro atoms. The summed E-state index contributed by atoms with van der Waals surface area (Å²) in [5.74, 6) is 1.84. The maximum Gasteiger partial charge on any atom is 0.261 e. The number of methoxy groups -OCH3 is 1. The van der Waals surface area contributed by atoms with Crippen LogP contribution in [0.15, 0.2) is 40.3 Å². The zero-order chi connectivity index (χ0) is 18.3. The molecule has 7 nitrogen and oxygen atoms in total. The molecule has 0 radical (unpaired) electrons. The summed E-state index contributed by atoms with van der Waals surface area (Å²) in [4.78, 5) is 29.2. The summed E-state index contributed by atoms with van der Waals surface area (Å²) < 4.78 is 6.70. The van der Waals surface area contributed by atoms with Gasteiger partial charge in [0.1, 0.15) is 5.82 Å². The Kier molecular flexibility index (Phi) is 4.12. The molecule has 0 saturated heterocycles. The quantitative estimate of drug-likeness (QED) is 0.441. The van der Waals surface area contributed by atoms with Crippen molar-refractivity contribution in [2.45, 2.75) is 17.8 Å². The maximum atomic E-state index is 12.6. The number of benzene rings is 1. The van der Waals surface area contributed by atoms with Gasteiger partial charge in [-0.05, 0) is 25.1 Å². The van der Waals surface area contributed by atoms with Gasteiger partial charge in [0.25, 0.3) is 5.56 Å². The van der Waals surface area contributed by atoms with Crippen LogP contribution >= 0.6 is 11.8 Å². The number of nitrogens with zero attached hydrogens (tertiary/aromatic N) is 4. The lowest BCUT2D eigenvalue weighted by atomic mass is 10.2. The highest BCUT2D eigenvalue weighted by Crippen LogP contribution is 2.22. The molecule has 3 heterocycles. The molecular formula is C18H17N5O2S. The van der Waals surface area contributed by atoms with Crippen LogP contribution in [0.2, 0.25) is 0 Å². The fraction of sp³-hybridized carbons (Fsp3) is 0.222. The molecule has 8 heteroatoms. The van der Waals surface area contributed by atoms with Crippen molar-refractivity contribution >= 4 is 33.8 Å². The van der Waals surface area contributed by atoms with Crippen LogP contribution in [0, 0.1) is 6.92 Å². The lowest BCUT2D eigenvalue weighted by molar-refractivity contribution is 0.399. The van der Waals surface area contributed by atoms with Gasteiger partial charge in [-0.25, -0.2) is 9.97 Å². The lowest BCUT2D eigenvalue weighted by Crippen LogP contribution is -2.20. The molecule has 0 fully saturated rings. The normalized spacial score (nSPS) is 11.3. The van der Waals surface area contributed by atoms with Crippen LogP contribution in [0.5, 0.6) is 5.88 Å². The van der Waals surface area contributed by atoms with Crippen molar-refractivity contribution in [3.05, 3.63) is 52.1 Å². The molecule has 0 aliphatic carbocycles. The van der Waals surface area contributed by atoms with Gasteiger partial charge in [0.05, 0.1) is 29.3 Å².